The number of benzene rings is 1. The summed E-state index contributed by atoms with van der Waals surface area (Å²) in [5, 5.41) is 3.20. The lowest BCUT2D eigenvalue weighted by atomic mass is 9.96. The van der Waals surface area contributed by atoms with Crippen molar-refractivity contribution in [2.75, 3.05) is 20.8 Å². The minimum absolute atomic E-state index is 0.303. The van der Waals surface area contributed by atoms with Crippen molar-refractivity contribution in [2.24, 2.45) is 0 Å². The lowest BCUT2D eigenvalue weighted by Crippen LogP contribution is -2.52. The van der Waals surface area contributed by atoms with E-state index in [1.807, 2.05) is 0 Å². The number of methoxy groups -OCH3 is 2. The van der Waals surface area contributed by atoms with Crippen LogP contribution >= 0.6 is 23.2 Å². The molecule has 2 atom stereocenters. The third kappa shape index (κ3) is 4.36. The molecule has 2 heterocycles. The van der Waals surface area contributed by atoms with Crippen LogP contribution in [0.2, 0.25) is 10.0 Å². The van der Waals surface area contributed by atoms with Crippen molar-refractivity contribution in [3.63, 3.8) is 0 Å². The number of aromatic amines is 1. The number of hydrogen-bond donors (Lipinski definition) is 2. The molecule has 0 spiro atoms. The van der Waals surface area contributed by atoms with E-state index in [0.717, 1.165) is 5.69 Å². The van der Waals surface area contributed by atoms with Gasteiger partial charge in [0.2, 0.25) is 0 Å². The van der Waals surface area contributed by atoms with E-state index >= 15 is 0 Å². The molecule has 0 radical (unpaired) electrons. The molecule has 2 N–H and O–H groups in total. The van der Waals surface area contributed by atoms with Gasteiger partial charge in [-0.1, -0.05) is 35.3 Å². The number of nitrogens with one attached hydrogen (secondary N) is 2. The van der Waals surface area contributed by atoms with Crippen LogP contribution in [0.25, 0.3) is 0 Å². The Morgan fingerprint density at radius 2 is 2.07 bits per heavy atom. The van der Waals surface area contributed by atoms with E-state index in [9.17, 15) is 14.4 Å². The van der Waals surface area contributed by atoms with Crippen LogP contribution in [0.15, 0.2) is 24.5 Å². The number of esters is 2. The Hall–Kier alpha value is -2.78. The summed E-state index contributed by atoms with van der Waals surface area (Å²) < 4.78 is 9.30. The maximum atomic E-state index is 13.2. The Morgan fingerprint density at radius 3 is 2.77 bits per heavy atom. The lowest BCUT2D eigenvalue weighted by Gasteiger charge is -2.36. The van der Waals surface area contributed by atoms with Gasteiger partial charge < -0.3 is 24.7 Å². The summed E-state index contributed by atoms with van der Waals surface area (Å²) in [6.45, 7) is 0.320. The summed E-state index contributed by atoms with van der Waals surface area (Å²) in [5.41, 5.74) is 2.09. The average Bonchev–Trinajstić information content (AvgIpc) is 3.22. The van der Waals surface area contributed by atoms with Gasteiger partial charge in [-0.25, -0.2) is 14.6 Å². The molecule has 30 heavy (non-hydrogen) atoms. The number of fused-ring (bicyclic) bond motifs is 1. The molecule has 3 rings (SSSR count). The molecule has 1 aliphatic rings. The van der Waals surface area contributed by atoms with Crippen LogP contribution in [0.4, 0.5) is 4.79 Å². The van der Waals surface area contributed by atoms with Gasteiger partial charge in [0, 0.05) is 24.2 Å². The van der Waals surface area contributed by atoms with Crippen molar-refractivity contribution in [3.05, 3.63) is 51.5 Å². The second-order valence-corrected chi connectivity index (χ2v) is 7.35. The highest BCUT2D eigenvalue weighted by Crippen LogP contribution is 2.39. The van der Waals surface area contributed by atoms with E-state index in [1.165, 1.54) is 19.1 Å². The number of carbonyl (C=O) groups excluding carboxylic acids is 3. The quantitative estimate of drug-likeness (QED) is 0.670. The van der Waals surface area contributed by atoms with Crippen molar-refractivity contribution in [3.8, 4) is 0 Å². The van der Waals surface area contributed by atoms with Crippen molar-refractivity contribution in [1.29, 1.82) is 0 Å². The summed E-state index contributed by atoms with van der Waals surface area (Å²) in [6.07, 6.45) is 1.71. The molecule has 0 bridgehead atoms. The van der Waals surface area contributed by atoms with Gasteiger partial charge in [-0.05, 0) is 6.07 Å². The van der Waals surface area contributed by atoms with Crippen LogP contribution < -0.4 is 5.32 Å². The first-order valence-corrected chi connectivity index (χ1v) is 9.80. The minimum atomic E-state index is -1.20. The fourth-order valence-electron chi connectivity index (χ4n) is 3.36. The number of ether oxygens (including phenoxy) is 2. The first kappa shape index (κ1) is 21.9. The van der Waals surface area contributed by atoms with Gasteiger partial charge in [-0.2, -0.15) is 0 Å². The van der Waals surface area contributed by atoms with E-state index in [4.69, 9.17) is 27.9 Å². The zero-order valence-electron chi connectivity index (χ0n) is 16.3. The van der Waals surface area contributed by atoms with Crippen molar-refractivity contribution < 1.29 is 23.9 Å². The SMILES string of the molecule is COC(=O)C[C@@H](NC(=O)N1CCc2[nH]cnc2[C@@H]1c1cccc(Cl)c1Cl)C(=O)OC. The first-order valence-electron chi connectivity index (χ1n) is 9.05. The summed E-state index contributed by atoms with van der Waals surface area (Å²) in [4.78, 5) is 45.8. The number of halogens is 2. The number of nitrogens with zero attached hydrogens (tertiary/aromatic N) is 2. The standard InChI is InChI=1S/C19H20Cl2N4O5/c1-29-14(26)8-13(18(27)30-2)24-19(28)25-7-6-12-16(23-9-22-12)17(25)10-4-3-5-11(20)15(10)21/h3-5,9,13,17H,6-8H2,1-2H3,(H,22,23)(H,24,28)/t13-,17+/m1/s1. The number of amides is 2. The highest BCUT2D eigenvalue weighted by atomic mass is 35.5. The first-order chi connectivity index (χ1) is 14.4. The Kier molecular flexibility index (Phi) is 6.84. The number of hydrogen-bond acceptors (Lipinski definition) is 6. The van der Waals surface area contributed by atoms with E-state index < -0.39 is 30.1 Å². The minimum Gasteiger partial charge on any atom is -0.469 e. The highest BCUT2D eigenvalue weighted by molar-refractivity contribution is 6.42. The van der Waals surface area contributed by atoms with Crippen LogP contribution in [0.5, 0.6) is 0 Å². The van der Waals surface area contributed by atoms with Crippen LogP contribution in [0, 0.1) is 0 Å². The van der Waals surface area contributed by atoms with Crippen molar-refractivity contribution in [2.45, 2.75) is 24.9 Å². The largest absolute Gasteiger partial charge is 0.469 e. The molecule has 2 amide bonds. The smallest absolute Gasteiger partial charge is 0.329 e. The zero-order chi connectivity index (χ0) is 21.8. The zero-order valence-corrected chi connectivity index (χ0v) is 17.8. The van der Waals surface area contributed by atoms with E-state index in [1.54, 1.807) is 24.5 Å². The molecule has 0 fully saturated rings. The van der Waals surface area contributed by atoms with Crippen LogP contribution in [0.3, 0.4) is 0 Å². The molecule has 0 saturated heterocycles. The summed E-state index contributed by atoms with van der Waals surface area (Å²) in [7, 11) is 2.36. The van der Waals surface area contributed by atoms with Crippen molar-refractivity contribution >= 4 is 41.2 Å². The van der Waals surface area contributed by atoms with Gasteiger partial charge in [-0.3, -0.25) is 4.79 Å². The summed E-state index contributed by atoms with van der Waals surface area (Å²) >= 11 is 12.6. The molecule has 1 aromatic carbocycles. The van der Waals surface area contributed by atoms with Gasteiger partial charge >= 0.3 is 18.0 Å². The number of aromatic nitrogens is 2. The third-order valence-electron chi connectivity index (χ3n) is 4.84. The second-order valence-electron chi connectivity index (χ2n) is 6.56. The number of urea groups is 1. The normalized spacial score (nSPS) is 16.4. The Labute approximate surface area is 182 Å². The molecule has 2 aromatic rings. The summed E-state index contributed by atoms with van der Waals surface area (Å²) in [6, 6.07) is 2.72. The Balaban J connectivity index is 1.94. The highest BCUT2D eigenvalue weighted by Gasteiger charge is 2.37. The molecule has 1 aromatic heterocycles. The number of carbonyl (C=O) groups is 3. The number of rotatable bonds is 5. The molecule has 9 nitrogen and oxygen atoms in total. The van der Waals surface area contributed by atoms with Crippen LogP contribution in [-0.2, 0) is 25.5 Å². The predicted molar refractivity (Wildman–Crippen MR) is 108 cm³/mol. The molecule has 1 aliphatic heterocycles. The second kappa shape index (κ2) is 9.36. The number of H-pyrrole nitrogens is 1. The fourth-order valence-corrected chi connectivity index (χ4v) is 3.77. The molecular formula is C19H20Cl2N4O5. The maximum Gasteiger partial charge on any atom is 0.329 e. The molecule has 0 saturated carbocycles. The van der Waals surface area contributed by atoms with Crippen molar-refractivity contribution in [1.82, 2.24) is 20.2 Å². The fraction of sp³-hybridized carbons (Fsp3) is 0.368. The molecule has 11 heteroatoms. The van der Waals surface area contributed by atoms with E-state index in [2.05, 4.69) is 20.0 Å². The monoisotopic (exact) mass is 454 g/mol. The lowest BCUT2D eigenvalue weighted by molar-refractivity contribution is -0.149. The maximum absolute atomic E-state index is 13.2. The molecular weight excluding hydrogens is 435 g/mol. The Morgan fingerprint density at radius 1 is 1.30 bits per heavy atom. The number of imidazole rings is 1. The van der Waals surface area contributed by atoms with Gasteiger partial charge in [0.15, 0.2) is 0 Å². The molecule has 0 aliphatic carbocycles. The van der Waals surface area contributed by atoms with Gasteiger partial charge in [0.05, 0.1) is 42.7 Å². The van der Waals surface area contributed by atoms with Gasteiger partial charge in [0.25, 0.3) is 0 Å². The average molecular weight is 455 g/mol. The van der Waals surface area contributed by atoms with Gasteiger partial charge in [0.1, 0.15) is 12.1 Å². The Bertz CT molecular complexity index is 964. The predicted octanol–water partition coefficient (Wildman–Crippen LogP) is 2.48. The van der Waals surface area contributed by atoms with Gasteiger partial charge in [-0.15, -0.1) is 0 Å². The van der Waals surface area contributed by atoms with Crippen LogP contribution in [0.1, 0.15) is 29.4 Å². The topological polar surface area (TPSA) is 114 Å². The molecule has 0 unspecified atom stereocenters. The molecule has 160 valence electrons. The van der Waals surface area contributed by atoms with E-state index in [0.29, 0.717) is 34.3 Å². The summed E-state index contributed by atoms with van der Waals surface area (Å²) in [5.74, 6) is -1.42. The third-order valence-corrected chi connectivity index (χ3v) is 5.68. The van der Waals surface area contributed by atoms with E-state index in [-0.39, 0.29) is 6.42 Å². The van der Waals surface area contributed by atoms with Crippen LogP contribution in [-0.4, -0.2) is 59.6 Å².